The molecule has 6 heteroatoms. The molecule has 0 fully saturated rings. The van der Waals surface area contributed by atoms with Crippen molar-refractivity contribution in [1.82, 2.24) is 5.32 Å². The van der Waals surface area contributed by atoms with Crippen molar-refractivity contribution in [2.24, 2.45) is 11.7 Å². The van der Waals surface area contributed by atoms with Crippen molar-refractivity contribution in [3.8, 4) is 0 Å². The van der Waals surface area contributed by atoms with E-state index in [0.717, 1.165) is 11.1 Å². The van der Waals surface area contributed by atoms with E-state index in [9.17, 15) is 14.0 Å². The largest absolute Gasteiger partial charge is 0.369 e. The van der Waals surface area contributed by atoms with Gasteiger partial charge < -0.3 is 11.1 Å². The van der Waals surface area contributed by atoms with E-state index in [4.69, 9.17) is 5.73 Å². The van der Waals surface area contributed by atoms with Crippen LogP contribution in [0.3, 0.4) is 0 Å². The fourth-order valence-electron chi connectivity index (χ4n) is 2.06. The summed E-state index contributed by atoms with van der Waals surface area (Å²) in [5.74, 6) is -1.48. The molecule has 0 radical (unpaired) electrons. The molecule has 0 saturated heterocycles. The van der Waals surface area contributed by atoms with Crippen molar-refractivity contribution >= 4 is 23.2 Å². The number of thiophene rings is 1. The number of hydrogen-bond donors (Lipinski definition) is 2. The van der Waals surface area contributed by atoms with Crippen molar-refractivity contribution in [3.63, 3.8) is 0 Å². The number of rotatable bonds is 7. The van der Waals surface area contributed by atoms with Crippen molar-refractivity contribution in [3.05, 3.63) is 58.0 Å². The second-order valence-corrected chi connectivity index (χ2v) is 5.82. The zero-order valence-electron chi connectivity index (χ0n) is 11.9. The number of benzene rings is 1. The van der Waals surface area contributed by atoms with Gasteiger partial charge in [-0.1, -0.05) is 12.1 Å². The Labute approximate surface area is 132 Å². The summed E-state index contributed by atoms with van der Waals surface area (Å²) in [4.78, 5) is 23.3. The Morgan fingerprint density at radius 3 is 2.50 bits per heavy atom. The monoisotopic (exact) mass is 320 g/mol. The van der Waals surface area contributed by atoms with E-state index in [-0.39, 0.29) is 24.7 Å². The molecule has 116 valence electrons. The quantitative estimate of drug-likeness (QED) is 0.818. The molecule has 0 aliphatic heterocycles. The molecule has 2 amide bonds. The van der Waals surface area contributed by atoms with Crippen LogP contribution in [0, 0.1) is 11.7 Å². The lowest BCUT2D eigenvalue weighted by molar-refractivity contribution is -0.123. The topological polar surface area (TPSA) is 72.2 Å². The molecule has 0 spiro atoms. The van der Waals surface area contributed by atoms with Gasteiger partial charge in [-0.15, -0.1) is 0 Å². The molecule has 2 aromatic rings. The lowest BCUT2D eigenvalue weighted by Gasteiger charge is -2.14. The van der Waals surface area contributed by atoms with Gasteiger partial charge in [0.15, 0.2) is 0 Å². The maximum atomic E-state index is 12.9. The average Bonchev–Trinajstić information content (AvgIpc) is 2.98. The van der Waals surface area contributed by atoms with E-state index in [2.05, 4.69) is 5.32 Å². The van der Waals surface area contributed by atoms with Gasteiger partial charge in [0.05, 0.1) is 12.3 Å². The summed E-state index contributed by atoms with van der Waals surface area (Å²) < 4.78 is 12.9. The Bertz CT molecular complexity index is 626. The Hall–Kier alpha value is -2.21. The number of nitrogens with one attached hydrogen (secondary N) is 1. The second kappa shape index (κ2) is 7.70. The predicted octanol–water partition coefficient (Wildman–Crippen LogP) is 1.89. The van der Waals surface area contributed by atoms with Crippen molar-refractivity contribution in [2.75, 3.05) is 6.54 Å². The third kappa shape index (κ3) is 4.96. The van der Waals surface area contributed by atoms with Gasteiger partial charge in [-0.3, -0.25) is 9.59 Å². The van der Waals surface area contributed by atoms with Crippen LogP contribution in [0.4, 0.5) is 4.39 Å². The Morgan fingerprint density at radius 2 is 1.91 bits per heavy atom. The van der Waals surface area contributed by atoms with E-state index in [1.54, 1.807) is 12.1 Å². The summed E-state index contributed by atoms with van der Waals surface area (Å²) in [6.45, 7) is 0.176. The highest BCUT2D eigenvalue weighted by Gasteiger charge is 2.17. The lowest BCUT2D eigenvalue weighted by atomic mass is 9.98. The SMILES string of the molecule is NC(=O)[C@@H](CNC(=O)Cc1ccsc1)Cc1ccc(F)cc1. The number of carbonyl (C=O) groups excluding carboxylic acids is 2. The standard InChI is InChI=1S/C16H17FN2O2S/c17-14-3-1-11(2-4-14)7-13(16(18)21)9-19-15(20)8-12-5-6-22-10-12/h1-6,10,13H,7-9H2,(H2,18,21)(H,19,20)/t13-/m1/s1. The fraction of sp³-hybridized carbons (Fsp3) is 0.250. The summed E-state index contributed by atoms with van der Waals surface area (Å²) in [6.07, 6.45) is 0.653. The first kappa shape index (κ1) is 16.2. The highest BCUT2D eigenvalue weighted by atomic mass is 32.1. The molecule has 1 heterocycles. The maximum Gasteiger partial charge on any atom is 0.224 e. The minimum atomic E-state index is -0.517. The molecule has 0 unspecified atom stereocenters. The van der Waals surface area contributed by atoms with Gasteiger partial charge in [0.25, 0.3) is 0 Å². The van der Waals surface area contributed by atoms with Gasteiger partial charge in [-0.05, 0) is 46.5 Å². The summed E-state index contributed by atoms with van der Waals surface area (Å²) in [5, 5.41) is 6.54. The molecule has 1 aromatic heterocycles. The van der Waals surface area contributed by atoms with Crippen LogP contribution < -0.4 is 11.1 Å². The van der Waals surface area contributed by atoms with Crippen molar-refractivity contribution in [2.45, 2.75) is 12.8 Å². The average molecular weight is 320 g/mol. The smallest absolute Gasteiger partial charge is 0.224 e. The Morgan fingerprint density at radius 1 is 1.18 bits per heavy atom. The molecule has 2 rings (SSSR count). The van der Waals surface area contributed by atoms with E-state index in [1.165, 1.54) is 23.5 Å². The van der Waals surface area contributed by atoms with Crippen LogP contribution in [0.25, 0.3) is 0 Å². The van der Waals surface area contributed by atoms with Gasteiger partial charge >= 0.3 is 0 Å². The summed E-state index contributed by atoms with van der Waals surface area (Å²) in [5.41, 5.74) is 7.12. The van der Waals surface area contributed by atoms with Crippen LogP contribution in [0.5, 0.6) is 0 Å². The molecule has 3 N–H and O–H groups in total. The zero-order valence-corrected chi connectivity index (χ0v) is 12.7. The summed E-state index contributed by atoms with van der Waals surface area (Å²) >= 11 is 1.53. The number of carbonyl (C=O) groups is 2. The molecular weight excluding hydrogens is 303 g/mol. The van der Waals surface area contributed by atoms with Crippen LogP contribution in [-0.4, -0.2) is 18.4 Å². The first-order chi connectivity index (χ1) is 10.5. The second-order valence-electron chi connectivity index (χ2n) is 5.04. The Balaban J connectivity index is 1.87. The number of halogens is 1. The summed E-state index contributed by atoms with van der Waals surface area (Å²) in [6, 6.07) is 7.77. The van der Waals surface area contributed by atoms with E-state index in [1.807, 2.05) is 16.8 Å². The van der Waals surface area contributed by atoms with Gasteiger partial charge in [0.1, 0.15) is 5.82 Å². The molecule has 1 aromatic carbocycles. The van der Waals surface area contributed by atoms with E-state index < -0.39 is 11.8 Å². The highest BCUT2D eigenvalue weighted by molar-refractivity contribution is 7.07. The van der Waals surface area contributed by atoms with Gasteiger partial charge in [-0.2, -0.15) is 11.3 Å². The van der Waals surface area contributed by atoms with E-state index in [0.29, 0.717) is 6.42 Å². The first-order valence-corrected chi connectivity index (χ1v) is 7.80. The number of nitrogens with two attached hydrogens (primary N) is 1. The number of amides is 2. The van der Waals surface area contributed by atoms with Gasteiger partial charge in [0, 0.05) is 6.54 Å². The molecule has 4 nitrogen and oxygen atoms in total. The molecule has 0 aliphatic rings. The fourth-order valence-corrected chi connectivity index (χ4v) is 2.73. The minimum Gasteiger partial charge on any atom is -0.369 e. The Kier molecular flexibility index (Phi) is 5.66. The highest BCUT2D eigenvalue weighted by Crippen LogP contribution is 2.10. The van der Waals surface area contributed by atoms with Crippen LogP contribution in [0.2, 0.25) is 0 Å². The molecule has 1 atom stereocenters. The number of primary amides is 1. The van der Waals surface area contributed by atoms with Gasteiger partial charge in [0.2, 0.25) is 11.8 Å². The predicted molar refractivity (Wildman–Crippen MR) is 83.8 cm³/mol. The van der Waals surface area contributed by atoms with Gasteiger partial charge in [-0.25, -0.2) is 4.39 Å². The molecule has 22 heavy (non-hydrogen) atoms. The first-order valence-electron chi connectivity index (χ1n) is 6.86. The molecule has 0 aliphatic carbocycles. The van der Waals surface area contributed by atoms with Crippen LogP contribution in [-0.2, 0) is 22.4 Å². The lowest BCUT2D eigenvalue weighted by Crippen LogP contribution is -2.37. The van der Waals surface area contributed by atoms with Crippen molar-refractivity contribution < 1.29 is 14.0 Å². The minimum absolute atomic E-state index is 0.149. The third-order valence-electron chi connectivity index (χ3n) is 3.29. The zero-order chi connectivity index (χ0) is 15.9. The normalized spacial score (nSPS) is 11.9. The molecule has 0 saturated carbocycles. The van der Waals surface area contributed by atoms with Crippen LogP contribution >= 0.6 is 11.3 Å². The van der Waals surface area contributed by atoms with Crippen molar-refractivity contribution in [1.29, 1.82) is 0 Å². The molecular formula is C16H17FN2O2S. The molecule has 0 bridgehead atoms. The van der Waals surface area contributed by atoms with E-state index >= 15 is 0 Å². The third-order valence-corrected chi connectivity index (χ3v) is 4.02. The number of hydrogen-bond acceptors (Lipinski definition) is 3. The van der Waals surface area contributed by atoms with Crippen LogP contribution in [0.15, 0.2) is 41.1 Å². The van der Waals surface area contributed by atoms with Crippen LogP contribution in [0.1, 0.15) is 11.1 Å². The summed E-state index contributed by atoms with van der Waals surface area (Å²) in [7, 11) is 0. The maximum absolute atomic E-state index is 12.9.